The second-order valence-corrected chi connectivity index (χ2v) is 5.48. The number of aromatic amines is 2. The molecule has 116 valence electrons. The van der Waals surface area contributed by atoms with Gasteiger partial charge in [-0.2, -0.15) is 0 Å². The molecule has 7 heteroatoms. The molecule has 1 aliphatic rings. The summed E-state index contributed by atoms with van der Waals surface area (Å²) in [5.41, 5.74) is 2.82. The summed E-state index contributed by atoms with van der Waals surface area (Å²) in [6.07, 6.45) is 0. The van der Waals surface area contributed by atoms with Crippen molar-refractivity contribution in [3.63, 3.8) is 0 Å². The Labute approximate surface area is 129 Å². The summed E-state index contributed by atoms with van der Waals surface area (Å²) in [6, 6.07) is 5.57. The Hall–Kier alpha value is -3.09. The van der Waals surface area contributed by atoms with Gasteiger partial charge in [-0.05, 0) is 43.2 Å². The molecule has 0 spiro atoms. The van der Waals surface area contributed by atoms with Gasteiger partial charge in [0.25, 0.3) is 5.56 Å². The third kappa shape index (κ3) is 2.09. The molecule has 0 saturated carbocycles. The van der Waals surface area contributed by atoms with Gasteiger partial charge < -0.3 is 14.5 Å². The van der Waals surface area contributed by atoms with E-state index in [-0.39, 0.29) is 12.3 Å². The van der Waals surface area contributed by atoms with Crippen molar-refractivity contribution >= 4 is 11.0 Å². The van der Waals surface area contributed by atoms with Crippen LogP contribution in [0.5, 0.6) is 11.5 Å². The van der Waals surface area contributed by atoms with Crippen LogP contribution in [0.15, 0.2) is 27.8 Å². The first-order chi connectivity index (χ1) is 11.0. The molecular weight excluding hydrogens is 298 g/mol. The van der Waals surface area contributed by atoms with Crippen molar-refractivity contribution in [3.05, 3.63) is 50.2 Å². The third-order valence-electron chi connectivity index (χ3n) is 3.89. The van der Waals surface area contributed by atoms with Gasteiger partial charge in [-0.25, -0.2) is 9.78 Å². The number of fused-ring (bicyclic) bond motifs is 2. The lowest BCUT2D eigenvalue weighted by Gasteiger charge is -2.09. The molecule has 0 atom stereocenters. The minimum Gasteiger partial charge on any atom is -0.454 e. The molecule has 3 heterocycles. The smallest absolute Gasteiger partial charge is 0.326 e. The van der Waals surface area contributed by atoms with E-state index in [1.165, 1.54) is 0 Å². The molecule has 1 aliphatic heterocycles. The first kappa shape index (κ1) is 13.6. The topological polar surface area (TPSA) is 97.1 Å². The average molecular weight is 311 g/mol. The van der Waals surface area contributed by atoms with Gasteiger partial charge in [0.2, 0.25) is 6.79 Å². The molecule has 0 unspecified atom stereocenters. The fourth-order valence-electron chi connectivity index (χ4n) is 2.76. The van der Waals surface area contributed by atoms with Crippen LogP contribution in [-0.4, -0.2) is 21.7 Å². The number of rotatable bonds is 1. The van der Waals surface area contributed by atoms with Crippen LogP contribution in [0, 0.1) is 13.8 Å². The maximum Gasteiger partial charge on any atom is 0.326 e. The number of benzene rings is 1. The molecular formula is C16H13N3O4. The lowest BCUT2D eigenvalue weighted by molar-refractivity contribution is 0.174. The first-order valence-electron chi connectivity index (χ1n) is 7.07. The van der Waals surface area contributed by atoms with Crippen LogP contribution in [0.25, 0.3) is 22.3 Å². The summed E-state index contributed by atoms with van der Waals surface area (Å²) >= 11 is 0. The van der Waals surface area contributed by atoms with Crippen molar-refractivity contribution < 1.29 is 9.47 Å². The number of pyridine rings is 1. The molecule has 7 nitrogen and oxygen atoms in total. The summed E-state index contributed by atoms with van der Waals surface area (Å²) in [5.74, 6) is 1.35. The molecule has 0 saturated heterocycles. The van der Waals surface area contributed by atoms with Crippen molar-refractivity contribution in [2.24, 2.45) is 0 Å². The summed E-state index contributed by atoms with van der Waals surface area (Å²) in [7, 11) is 0. The van der Waals surface area contributed by atoms with Gasteiger partial charge in [0, 0.05) is 5.56 Å². The van der Waals surface area contributed by atoms with E-state index < -0.39 is 11.2 Å². The van der Waals surface area contributed by atoms with E-state index in [2.05, 4.69) is 15.0 Å². The highest BCUT2D eigenvalue weighted by molar-refractivity contribution is 5.81. The lowest BCUT2D eigenvalue weighted by atomic mass is 10.0. The van der Waals surface area contributed by atoms with Crippen LogP contribution in [0.3, 0.4) is 0 Å². The van der Waals surface area contributed by atoms with Crippen LogP contribution in [0.4, 0.5) is 0 Å². The zero-order valence-electron chi connectivity index (χ0n) is 12.5. The maximum atomic E-state index is 12.0. The van der Waals surface area contributed by atoms with E-state index in [9.17, 15) is 9.59 Å². The Morgan fingerprint density at radius 3 is 2.52 bits per heavy atom. The van der Waals surface area contributed by atoms with E-state index >= 15 is 0 Å². The average Bonchev–Trinajstić information content (AvgIpc) is 2.94. The number of hydrogen-bond donors (Lipinski definition) is 2. The van der Waals surface area contributed by atoms with E-state index in [4.69, 9.17) is 9.47 Å². The Bertz CT molecular complexity index is 1070. The highest BCUT2D eigenvalue weighted by Crippen LogP contribution is 2.38. The second-order valence-electron chi connectivity index (χ2n) is 5.48. The molecule has 0 fully saturated rings. The van der Waals surface area contributed by atoms with Gasteiger partial charge >= 0.3 is 5.69 Å². The molecule has 0 aliphatic carbocycles. The number of nitrogens with zero attached hydrogens (tertiary/aromatic N) is 1. The highest BCUT2D eigenvalue weighted by Gasteiger charge is 2.18. The maximum absolute atomic E-state index is 12.0. The SMILES string of the molecule is Cc1cc2c(cc1-c1cc(C)c3[nH]c(=O)[nH]c(=O)c3n1)OCO2. The zero-order valence-corrected chi connectivity index (χ0v) is 12.5. The van der Waals surface area contributed by atoms with Crippen LogP contribution in [-0.2, 0) is 0 Å². The van der Waals surface area contributed by atoms with E-state index in [1.54, 1.807) is 0 Å². The van der Waals surface area contributed by atoms with Gasteiger partial charge in [-0.3, -0.25) is 9.78 Å². The van der Waals surface area contributed by atoms with Crippen molar-refractivity contribution in [3.8, 4) is 22.8 Å². The number of nitrogens with one attached hydrogen (secondary N) is 2. The van der Waals surface area contributed by atoms with E-state index in [0.29, 0.717) is 22.7 Å². The van der Waals surface area contributed by atoms with Gasteiger partial charge in [0.15, 0.2) is 17.0 Å². The summed E-state index contributed by atoms with van der Waals surface area (Å²) in [4.78, 5) is 32.7. The van der Waals surface area contributed by atoms with Crippen molar-refractivity contribution in [2.75, 3.05) is 6.79 Å². The van der Waals surface area contributed by atoms with Crippen LogP contribution < -0.4 is 20.7 Å². The molecule has 23 heavy (non-hydrogen) atoms. The fraction of sp³-hybridized carbons (Fsp3) is 0.188. The summed E-state index contributed by atoms with van der Waals surface area (Å²) < 4.78 is 10.8. The molecule has 0 amide bonds. The Morgan fingerprint density at radius 1 is 1.00 bits per heavy atom. The molecule has 1 aromatic carbocycles. The van der Waals surface area contributed by atoms with Gasteiger partial charge in [0.05, 0.1) is 11.2 Å². The number of aromatic nitrogens is 3. The Balaban J connectivity index is 2.00. The van der Waals surface area contributed by atoms with Crippen LogP contribution in [0.1, 0.15) is 11.1 Å². The predicted molar refractivity (Wildman–Crippen MR) is 84.0 cm³/mol. The second kappa shape index (κ2) is 4.70. The van der Waals surface area contributed by atoms with Crippen LogP contribution in [0.2, 0.25) is 0 Å². The lowest BCUT2D eigenvalue weighted by Crippen LogP contribution is -2.23. The number of H-pyrrole nitrogens is 2. The van der Waals surface area contributed by atoms with Crippen molar-refractivity contribution in [2.45, 2.75) is 13.8 Å². The highest BCUT2D eigenvalue weighted by atomic mass is 16.7. The van der Waals surface area contributed by atoms with E-state index in [0.717, 1.165) is 16.7 Å². The molecule has 2 N–H and O–H groups in total. The Morgan fingerprint density at radius 2 is 1.74 bits per heavy atom. The predicted octanol–water partition coefficient (Wildman–Crippen LogP) is 1.62. The zero-order chi connectivity index (χ0) is 16.1. The molecule has 0 bridgehead atoms. The standard InChI is InChI=1S/C16H13N3O4/c1-7-4-11-12(23-6-22-11)5-9(7)10-3-8(2)13-14(17-10)15(20)19-16(21)18-13/h3-5H,6H2,1-2H3,(H2,18,19,20,21). The number of ether oxygens (including phenoxy) is 2. The van der Waals surface area contributed by atoms with Crippen molar-refractivity contribution in [1.82, 2.24) is 15.0 Å². The minimum atomic E-state index is -0.542. The molecule has 3 aromatic rings. The normalized spacial score (nSPS) is 12.8. The number of hydrogen-bond acceptors (Lipinski definition) is 5. The van der Waals surface area contributed by atoms with Gasteiger partial charge in [0.1, 0.15) is 0 Å². The molecule has 4 rings (SSSR count). The van der Waals surface area contributed by atoms with E-state index in [1.807, 2.05) is 32.0 Å². The number of aryl methyl sites for hydroxylation is 2. The van der Waals surface area contributed by atoms with Crippen molar-refractivity contribution in [1.29, 1.82) is 0 Å². The molecule has 2 aromatic heterocycles. The van der Waals surface area contributed by atoms with Gasteiger partial charge in [-0.15, -0.1) is 0 Å². The Kier molecular flexibility index (Phi) is 2.77. The molecule has 0 radical (unpaired) electrons. The minimum absolute atomic E-state index is 0.198. The van der Waals surface area contributed by atoms with Gasteiger partial charge in [-0.1, -0.05) is 0 Å². The monoisotopic (exact) mass is 311 g/mol. The largest absolute Gasteiger partial charge is 0.454 e. The quantitative estimate of drug-likeness (QED) is 0.712. The summed E-state index contributed by atoms with van der Waals surface area (Å²) in [5, 5.41) is 0. The first-order valence-corrected chi connectivity index (χ1v) is 7.07. The summed E-state index contributed by atoms with van der Waals surface area (Å²) in [6.45, 7) is 3.96. The third-order valence-corrected chi connectivity index (χ3v) is 3.89. The van der Waals surface area contributed by atoms with Crippen LogP contribution >= 0.6 is 0 Å². The fourth-order valence-corrected chi connectivity index (χ4v) is 2.76.